The molecule has 3 rings (SSSR count). The van der Waals surface area contributed by atoms with Gasteiger partial charge >= 0.3 is 0 Å². The molecule has 2 aromatic rings. The van der Waals surface area contributed by atoms with E-state index in [1.807, 2.05) is 18.3 Å². The third-order valence-corrected chi connectivity index (χ3v) is 4.05. The topological polar surface area (TPSA) is 29.8 Å². The molecule has 102 valence electrons. The monoisotopic (exact) mass is 259 g/mol. The molecule has 4 heteroatoms. The van der Waals surface area contributed by atoms with Crippen LogP contribution < -0.4 is 4.74 Å². The van der Waals surface area contributed by atoms with Crippen LogP contribution in [0.2, 0.25) is 0 Å². The lowest BCUT2D eigenvalue weighted by molar-refractivity contribution is 0.154. The van der Waals surface area contributed by atoms with Crippen molar-refractivity contribution in [3.8, 4) is 5.75 Å². The van der Waals surface area contributed by atoms with Crippen molar-refractivity contribution in [2.24, 2.45) is 0 Å². The van der Waals surface area contributed by atoms with Gasteiger partial charge in [0.1, 0.15) is 0 Å². The number of fused-ring (bicyclic) bond motifs is 1. The molecule has 3 heterocycles. The van der Waals surface area contributed by atoms with E-state index in [-0.39, 0.29) is 0 Å². The highest BCUT2D eigenvalue weighted by molar-refractivity contribution is 5.54. The fourth-order valence-electron chi connectivity index (χ4n) is 3.03. The van der Waals surface area contributed by atoms with E-state index in [1.54, 1.807) is 7.11 Å². The van der Waals surface area contributed by atoms with Crippen LogP contribution in [0.5, 0.6) is 5.75 Å². The van der Waals surface area contributed by atoms with Crippen LogP contribution in [0.4, 0.5) is 0 Å². The average molecular weight is 259 g/mol. The SMILES string of the molecule is CCN1CCCCC1c1cn2cccc(OC)c2n1. The van der Waals surface area contributed by atoms with Gasteiger partial charge in [0.05, 0.1) is 18.8 Å². The lowest BCUT2D eigenvalue weighted by Crippen LogP contribution is -2.33. The van der Waals surface area contributed by atoms with Crippen molar-refractivity contribution in [2.45, 2.75) is 32.2 Å². The second-order valence-corrected chi connectivity index (χ2v) is 5.11. The number of imidazole rings is 1. The number of methoxy groups -OCH3 is 1. The summed E-state index contributed by atoms with van der Waals surface area (Å²) in [7, 11) is 1.70. The van der Waals surface area contributed by atoms with Gasteiger partial charge in [-0.3, -0.25) is 4.90 Å². The Balaban J connectivity index is 2.00. The van der Waals surface area contributed by atoms with Crippen LogP contribution in [0.15, 0.2) is 24.5 Å². The van der Waals surface area contributed by atoms with Crippen molar-refractivity contribution in [2.75, 3.05) is 20.2 Å². The highest BCUT2D eigenvalue weighted by Gasteiger charge is 2.25. The molecular weight excluding hydrogens is 238 g/mol. The molecule has 0 spiro atoms. The van der Waals surface area contributed by atoms with E-state index in [4.69, 9.17) is 9.72 Å². The first-order chi connectivity index (χ1) is 9.33. The van der Waals surface area contributed by atoms with Crippen molar-refractivity contribution in [3.63, 3.8) is 0 Å². The fourth-order valence-corrected chi connectivity index (χ4v) is 3.03. The van der Waals surface area contributed by atoms with E-state index in [1.165, 1.54) is 31.5 Å². The number of hydrogen-bond acceptors (Lipinski definition) is 3. The Morgan fingerprint density at radius 3 is 3.11 bits per heavy atom. The first-order valence-electron chi connectivity index (χ1n) is 7.09. The first-order valence-corrected chi connectivity index (χ1v) is 7.09. The van der Waals surface area contributed by atoms with E-state index in [2.05, 4.69) is 22.4 Å². The van der Waals surface area contributed by atoms with Gasteiger partial charge in [-0.15, -0.1) is 0 Å². The standard InChI is InChI=1S/C15H21N3O/c1-3-17-9-5-4-7-13(17)12-11-18-10-6-8-14(19-2)15(18)16-12/h6,8,10-11,13H,3-5,7,9H2,1-2H3. The Kier molecular flexibility index (Phi) is 3.42. The molecule has 0 radical (unpaired) electrons. The van der Waals surface area contributed by atoms with Gasteiger partial charge in [0, 0.05) is 12.4 Å². The summed E-state index contributed by atoms with van der Waals surface area (Å²) >= 11 is 0. The number of rotatable bonds is 3. The van der Waals surface area contributed by atoms with Gasteiger partial charge in [-0.05, 0) is 38.1 Å². The van der Waals surface area contributed by atoms with Crippen LogP contribution >= 0.6 is 0 Å². The minimum Gasteiger partial charge on any atom is -0.493 e. The summed E-state index contributed by atoms with van der Waals surface area (Å²) in [5.74, 6) is 0.840. The predicted molar refractivity (Wildman–Crippen MR) is 75.6 cm³/mol. The van der Waals surface area contributed by atoms with Gasteiger partial charge in [0.25, 0.3) is 0 Å². The van der Waals surface area contributed by atoms with Crippen LogP contribution in [-0.2, 0) is 0 Å². The molecule has 0 N–H and O–H groups in total. The zero-order valence-electron chi connectivity index (χ0n) is 11.7. The number of likely N-dealkylation sites (tertiary alicyclic amines) is 1. The summed E-state index contributed by atoms with van der Waals surface area (Å²) < 4.78 is 7.45. The summed E-state index contributed by atoms with van der Waals surface area (Å²) in [5, 5.41) is 0. The second-order valence-electron chi connectivity index (χ2n) is 5.11. The van der Waals surface area contributed by atoms with Crippen LogP contribution in [0, 0.1) is 0 Å². The Morgan fingerprint density at radius 1 is 1.42 bits per heavy atom. The van der Waals surface area contributed by atoms with E-state index in [0.29, 0.717) is 6.04 Å². The average Bonchev–Trinajstić information content (AvgIpc) is 2.90. The molecule has 1 atom stereocenters. The molecule has 0 aliphatic carbocycles. The summed E-state index contributed by atoms with van der Waals surface area (Å²) in [5.41, 5.74) is 2.09. The molecule has 2 aromatic heterocycles. The maximum atomic E-state index is 5.38. The molecule has 1 unspecified atom stereocenters. The smallest absolute Gasteiger partial charge is 0.179 e. The Hall–Kier alpha value is -1.55. The van der Waals surface area contributed by atoms with Crippen LogP contribution in [0.25, 0.3) is 5.65 Å². The van der Waals surface area contributed by atoms with E-state index in [9.17, 15) is 0 Å². The van der Waals surface area contributed by atoms with E-state index < -0.39 is 0 Å². The van der Waals surface area contributed by atoms with E-state index in [0.717, 1.165) is 17.9 Å². The number of piperidine rings is 1. The number of nitrogens with zero attached hydrogens (tertiary/aromatic N) is 3. The van der Waals surface area contributed by atoms with Gasteiger partial charge in [-0.1, -0.05) is 13.3 Å². The second kappa shape index (κ2) is 5.21. The highest BCUT2D eigenvalue weighted by Crippen LogP contribution is 2.31. The van der Waals surface area contributed by atoms with Gasteiger partial charge in [-0.25, -0.2) is 4.98 Å². The molecule has 0 bridgehead atoms. The lowest BCUT2D eigenvalue weighted by atomic mass is 10.00. The largest absolute Gasteiger partial charge is 0.493 e. The first kappa shape index (κ1) is 12.5. The summed E-state index contributed by atoms with van der Waals surface area (Å²) in [6.07, 6.45) is 8.00. The van der Waals surface area contributed by atoms with Gasteiger partial charge in [0.2, 0.25) is 0 Å². The van der Waals surface area contributed by atoms with Crippen molar-refractivity contribution in [1.29, 1.82) is 0 Å². The minimum atomic E-state index is 0.461. The molecule has 0 amide bonds. The van der Waals surface area contributed by atoms with Crippen LogP contribution in [0.3, 0.4) is 0 Å². The molecule has 4 nitrogen and oxygen atoms in total. The lowest BCUT2D eigenvalue weighted by Gasteiger charge is -2.33. The third-order valence-electron chi connectivity index (χ3n) is 4.05. The summed E-state index contributed by atoms with van der Waals surface area (Å²) in [4.78, 5) is 7.33. The number of aromatic nitrogens is 2. The quantitative estimate of drug-likeness (QED) is 0.849. The molecule has 1 fully saturated rings. The summed E-state index contributed by atoms with van der Waals surface area (Å²) in [6, 6.07) is 4.42. The van der Waals surface area contributed by atoms with Crippen molar-refractivity contribution in [1.82, 2.24) is 14.3 Å². The van der Waals surface area contributed by atoms with Crippen molar-refractivity contribution < 1.29 is 4.74 Å². The molecule has 1 aliphatic rings. The Bertz CT molecular complexity index is 564. The Labute approximate surface area is 114 Å². The van der Waals surface area contributed by atoms with Crippen molar-refractivity contribution in [3.05, 3.63) is 30.2 Å². The van der Waals surface area contributed by atoms with E-state index >= 15 is 0 Å². The fraction of sp³-hybridized carbons (Fsp3) is 0.533. The van der Waals surface area contributed by atoms with Gasteiger partial charge in [-0.2, -0.15) is 0 Å². The molecule has 19 heavy (non-hydrogen) atoms. The summed E-state index contributed by atoms with van der Waals surface area (Å²) in [6.45, 7) is 4.51. The van der Waals surface area contributed by atoms with Gasteiger partial charge < -0.3 is 9.14 Å². The molecule has 0 aromatic carbocycles. The zero-order chi connectivity index (χ0) is 13.2. The number of ether oxygens (including phenoxy) is 1. The molecular formula is C15H21N3O. The zero-order valence-corrected chi connectivity index (χ0v) is 11.7. The van der Waals surface area contributed by atoms with Gasteiger partial charge in [0.15, 0.2) is 11.4 Å². The van der Waals surface area contributed by atoms with Crippen LogP contribution in [0.1, 0.15) is 37.9 Å². The maximum absolute atomic E-state index is 5.38. The number of pyridine rings is 1. The molecule has 1 aliphatic heterocycles. The third kappa shape index (κ3) is 2.21. The normalized spacial score (nSPS) is 20.8. The predicted octanol–water partition coefficient (Wildman–Crippen LogP) is 2.89. The molecule has 0 saturated carbocycles. The van der Waals surface area contributed by atoms with Crippen LogP contribution in [-0.4, -0.2) is 34.5 Å². The number of hydrogen-bond donors (Lipinski definition) is 0. The van der Waals surface area contributed by atoms with Crippen molar-refractivity contribution >= 4 is 5.65 Å². The highest BCUT2D eigenvalue weighted by atomic mass is 16.5. The Morgan fingerprint density at radius 2 is 2.32 bits per heavy atom. The molecule has 1 saturated heterocycles. The maximum Gasteiger partial charge on any atom is 0.179 e. The minimum absolute atomic E-state index is 0.461.